The largest absolute Gasteiger partial charge is 0.493 e. The van der Waals surface area contributed by atoms with Crippen LogP contribution in [0.3, 0.4) is 0 Å². The minimum Gasteiger partial charge on any atom is -0.493 e. The summed E-state index contributed by atoms with van der Waals surface area (Å²) < 4.78 is 5.96. The maximum Gasteiger partial charge on any atom is 0.322 e. The quantitative estimate of drug-likeness (QED) is 0.703. The molecular formula is C19H27N3O3. The number of unbranched alkanes of at least 4 members (excludes halogenated alkanes) is 2. The van der Waals surface area contributed by atoms with Crippen molar-refractivity contribution in [1.29, 1.82) is 5.26 Å². The number of nitrogens with zero attached hydrogens (tertiary/aromatic N) is 2. The van der Waals surface area contributed by atoms with Gasteiger partial charge in [0.15, 0.2) is 0 Å². The molecule has 1 aromatic carbocycles. The summed E-state index contributed by atoms with van der Waals surface area (Å²) >= 11 is 0. The number of benzene rings is 1. The van der Waals surface area contributed by atoms with Crippen molar-refractivity contribution in [2.75, 3.05) is 26.2 Å². The topological polar surface area (TPSA) is 85.6 Å². The van der Waals surface area contributed by atoms with E-state index < -0.39 is 12.0 Å². The highest BCUT2D eigenvalue weighted by atomic mass is 16.5. The molecule has 0 bridgehead atoms. The normalized spacial score (nSPS) is 17.9. The van der Waals surface area contributed by atoms with Crippen LogP contribution >= 0.6 is 0 Å². The van der Waals surface area contributed by atoms with Gasteiger partial charge in [0.1, 0.15) is 11.8 Å². The summed E-state index contributed by atoms with van der Waals surface area (Å²) in [5, 5.41) is 21.2. The molecule has 1 fully saturated rings. The second-order valence-electron chi connectivity index (χ2n) is 6.54. The van der Waals surface area contributed by atoms with Crippen molar-refractivity contribution in [1.82, 2.24) is 10.2 Å². The first kappa shape index (κ1) is 19.2. The van der Waals surface area contributed by atoms with Crippen LogP contribution in [0.5, 0.6) is 5.75 Å². The first-order valence-corrected chi connectivity index (χ1v) is 8.80. The van der Waals surface area contributed by atoms with E-state index in [1.807, 2.05) is 17.9 Å². The number of ether oxygens (including phenoxy) is 1. The zero-order chi connectivity index (χ0) is 18.2. The van der Waals surface area contributed by atoms with Crippen molar-refractivity contribution in [3.8, 4) is 11.8 Å². The molecule has 0 spiro atoms. The molecule has 0 unspecified atom stereocenters. The molecule has 136 valence electrons. The maximum absolute atomic E-state index is 11.5. The molecule has 1 aliphatic rings. The van der Waals surface area contributed by atoms with Gasteiger partial charge in [0.25, 0.3) is 0 Å². The van der Waals surface area contributed by atoms with Crippen LogP contribution in [0.1, 0.15) is 36.0 Å². The molecule has 0 aromatic heterocycles. The van der Waals surface area contributed by atoms with Gasteiger partial charge in [0, 0.05) is 38.2 Å². The Morgan fingerprint density at radius 2 is 2.16 bits per heavy atom. The summed E-state index contributed by atoms with van der Waals surface area (Å²) in [6, 6.07) is 5.76. The van der Waals surface area contributed by atoms with Crippen molar-refractivity contribution < 1.29 is 14.6 Å². The number of nitrogens with one attached hydrogen (secondary N) is 1. The SMILES string of the molecule is Cc1cc(CN2CCNC[C@H]2C(=O)O)c(OCCCCC#N)cc1C. The molecule has 1 saturated heterocycles. The number of carboxylic acids is 1. The van der Waals surface area contributed by atoms with E-state index in [1.54, 1.807) is 0 Å². The molecule has 1 heterocycles. The van der Waals surface area contributed by atoms with Crippen LogP contribution in [-0.4, -0.2) is 48.3 Å². The lowest BCUT2D eigenvalue weighted by Gasteiger charge is -2.34. The minimum absolute atomic E-state index is 0.463. The third-order valence-electron chi connectivity index (χ3n) is 4.63. The highest BCUT2D eigenvalue weighted by Gasteiger charge is 2.28. The van der Waals surface area contributed by atoms with Crippen LogP contribution in [-0.2, 0) is 11.3 Å². The zero-order valence-electron chi connectivity index (χ0n) is 15.0. The van der Waals surface area contributed by atoms with Gasteiger partial charge in [-0.3, -0.25) is 9.69 Å². The van der Waals surface area contributed by atoms with Gasteiger partial charge >= 0.3 is 5.97 Å². The van der Waals surface area contributed by atoms with Gasteiger partial charge in [-0.1, -0.05) is 6.07 Å². The first-order valence-electron chi connectivity index (χ1n) is 8.80. The summed E-state index contributed by atoms with van der Waals surface area (Å²) in [6.45, 7) is 7.19. The Hall–Kier alpha value is -2.10. The lowest BCUT2D eigenvalue weighted by Crippen LogP contribution is -2.54. The van der Waals surface area contributed by atoms with E-state index in [9.17, 15) is 9.90 Å². The van der Waals surface area contributed by atoms with Crippen LogP contribution in [0.25, 0.3) is 0 Å². The Balaban J connectivity index is 2.10. The third-order valence-corrected chi connectivity index (χ3v) is 4.63. The zero-order valence-corrected chi connectivity index (χ0v) is 15.0. The molecule has 0 radical (unpaired) electrons. The second-order valence-corrected chi connectivity index (χ2v) is 6.54. The number of aryl methyl sites for hydroxylation is 2. The molecule has 1 aliphatic heterocycles. The summed E-state index contributed by atoms with van der Waals surface area (Å²) in [7, 11) is 0. The fourth-order valence-electron chi connectivity index (χ4n) is 2.99. The maximum atomic E-state index is 11.5. The fraction of sp³-hybridized carbons (Fsp3) is 0.579. The van der Waals surface area contributed by atoms with Crippen LogP contribution in [0, 0.1) is 25.2 Å². The van der Waals surface area contributed by atoms with Crippen molar-refractivity contribution in [2.24, 2.45) is 0 Å². The highest BCUT2D eigenvalue weighted by Crippen LogP contribution is 2.26. The Bertz CT molecular complexity index is 640. The predicted octanol–water partition coefficient (Wildman–Crippen LogP) is 2.23. The number of aliphatic carboxylic acids is 1. The van der Waals surface area contributed by atoms with Crippen molar-refractivity contribution >= 4 is 5.97 Å². The standard InChI is InChI=1S/C19H27N3O3/c1-14-10-16(13-22-8-7-21-12-17(22)19(23)24)18(11-15(14)2)25-9-5-3-4-6-20/h10-11,17,21H,3-5,7-9,12-13H2,1-2H3,(H,23,24)/t17-/m0/s1. The van der Waals surface area contributed by atoms with Crippen LogP contribution in [0.4, 0.5) is 0 Å². The smallest absolute Gasteiger partial charge is 0.322 e. The number of nitriles is 1. The van der Waals surface area contributed by atoms with E-state index in [1.165, 1.54) is 5.56 Å². The Morgan fingerprint density at radius 3 is 2.88 bits per heavy atom. The molecule has 2 N–H and O–H groups in total. The van der Waals surface area contributed by atoms with E-state index in [2.05, 4.69) is 24.4 Å². The van der Waals surface area contributed by atoms with Gasteiger partial charge in [-0.2, -0.15) is 5.26 Å². The average molecular weight is 345 g/mol. The lowest BCUT2D eigenvalue weighted by atomic mass is 10.0. The minimum atomic E-state index is -0.796. The molecule has 6 heteroatoms. The van der Waals surface area contributed by atoms with Gasteiger partial charge in [-0.25, -0.2) is 0 Å². The van der Waals surface area contributed by atoms with Gasteiger partial charge in [0.2, 0.25) is 0 Å². The lowest BCUT2D eigenvalue weighted by molar-refractivity contribution is -0.144. The van der Waals surface area contributed by atoms with E-state index >= 15 is 0 Å². The van der Waals surface area contributed by atoms with Crippen LogP contribution in [0.2, 0.25) is 0 Å². The molecule has 2 rings (SSSR count). The number of carboxylic acid groups (broad SMARTS) is 1. The predicted molar refractivity (Wildman–Crippen MR) is 95.6 cm³/mol. The van der Waals surface area contributed by atoms with E-state index in [4.69, 9.17) is 10.00 Å². The number of carbonyl (C=O) groups is 1. The second kappa shape index (κ2) is 9.40. The third kappa shape index (κ3) is 5.45. The van der Waals surface area contributed by atoms with Crippen molar-refractivity contribution in [3.05, 3.63) is 28.8 Å². The molecule has 1 atom stereocenters. The van der Waals surface area contributed by atoms with E-state index in [-0.39, 0.29) is 0 Å². The molecule has 0 aliphatic carbocycles. The first-order chi connectivity index (χ1) is 12.0. The van der Waals surface area contributed by atoms with Gasteiger partial charge < -0.3 is 15.2 Å². The molecular weight excluding hydrogens is 318 g/mol. The molecule has 0 saturated carbocycles. The van der Waals surface area contributed by atoms with Crippen molar-refractivity contribution in [2.45, 2.75) is 45.7 Å². The molecule has 6 nitrogen and oxygen atoms in total. The highest BCUT2D eigenvalue weighted by molar-refractivity contribution is 5.74. The number of hydrogen-bond acceptors (Lipinski definition) is 5. The monoisotopic (exact) mass is 345 g/mol. The van der Waals surface area contributed by atoms with E-state index in [0.29, 0.717) is 32.7 Å². The number of rotatable bonds is 8. The summed E-state index contributed by atoms with van der Waals surface area (Å²) in [5.74, 6) is 0.0257. The Morgan fingerprint density at radius 1 is 1.40 bits per heavy atom. The van der Waals surface area contributed by atoms with Crippen LogP contribution in [0.15, 0.2) is 12.1 Å². The number of piperazine rings is 1. The molecule has 1 aromatic rings. The van der Waals surface area contributed by atoms with Gasteiger partial charge in [0.05, 0.1) is 12.7 Å². The summed E-state index contributed by atoms with van der Waals surface area (Å²) in [4.78, 5) is 13.5. The molecule has 0 amide bonds. The van der Waals surface area contributed by atoms with Crippen molar-refractivity contribution in [3.63, 3.8) is 0 Å². The average Bonchev–Trinajstić information content (AvgIpc) is 2.59. The Kier molecular flexibility index (Phi) is 7.23. The van der Waals surface area contributed by atoms with E-state index in [0.717, 1.165) is 36.3 Å². The van der Waals surface area contributed by atoms with Gasteiger partial charge in [-0.05, 0) is 43.9 Å². The number of hydrogen-bond donors (Lipinski definition) is 2. The summed E-state index contributed by atoms with van der Waals surface area (Å²) in [6.07, 6.45) is 2.21. The Labute approximate surface area is 149 Å². The van der Waals surface area contributed by atoms with Crippen LogP contribution < -0.4 is 10.1 Å². The van der Waals surface area contributed by atoms with Gasteiger partial charge in [-0.15, -0.1) is 0 Å². The fourth-order valence-corrected chi connectivity index (χ4v) is 2.99. The summed E-state index contributed by atoms with van der Waals surface area (Å²) in [5.41, 5.74) is 3.36. The molecule has 25 heavy (non-hydrogen) atoms.